The summed E-state index contributed by atoms with van der Waals surface area (Å²) in [4.78, 5) is 12.9. The maximum atomic E-state index is 13.1. The van der Waals surface area contributed by atoms with Crippen LogP contribution in [-0.2, 0) is 27.8 Å². The minimum Gasteiger partial charge on any atom is -0.326 e. The highest BCUT2D eigenvalue weighted by Gasteiger charge is 2.26. The molecule has 0 saturated heterocycles. The lowest BCUT2D eigenvalue weighted by Gasteiger charge is -2.18. The summed E-state index contributed by atoms with van der Waals surface area (Å²) >= 11 is 0. The van der Waals surface area contributed by atoms with Gasteiger partial charge in [0.15, 0.2) is 5.78 Å². The molecule has 6 heteroatoms. The molecule has 3 aromatic carbocycles. The van der Waals surface area contributed by atoms with Crippen LogP contribution in [0.2, 0.25) is 0 Å². The Morgan fingerprint density at radius 2 is 1.73 bits per heavy atom. The summed E-state index contributed by atoms with van der Waals surface area (Å²) in [5.74, 6) is -0.223. The largest absolute Gasteiger partial charge is 0.326 e. The van der Waals surface area contributed by atoms with Crippen molar-refractivity contribution in [2.75, 3.05) is 0 Å². The van der Waals surface area contributed by atoms with E-state index in [1.165, 1.54) is 0 Å². The number of sulfonamides is 1. The SMILES string of the molecule is CCC[CH]C(=O)[C@H](Cc1cccc(CN)c1)NS(=O)(=O)c1ccc2ccccc2c1. The highest BCUT2D eigenvalue weighted by molar-refractivity contribution is 7.89. The Morgan fingerprint density at radius 1 is 1.00 bits per heavy atom. The first-order valence-electron chi connectivity index (χ1n) is 10.1. The number of ketones is 1. The van der Waals surface area contributed by atoms with Crippen LogP contribution in [0.1, 0.15) is 30.9 Å². The van der Waals surface area contributed by atoms with E-state index in [2.05, 4.69) is 4.72 Å². The van der Waals surface area contributed by atoms with Crippen LogP contribution in [0.3, 0.4) is 0 Å². The van der Waals surface area contributed by atoms with E-state index in [4.69, 9.17) is 5.73 Å². The zero-order chi connectivity index (χ0) is 21.6. The second-order valence-corrected chi connectivity index (χ2v) is 9.02. The third-order valence-corrected chi connectivity index (χ3v) is 6.44. The number of carbonyl (C=O) groups excluding carboxylic acids is 1. The highest BCUT2D eigenvalue weighted by atomic mass is 32.2. The number of hydrogen-bond acceptors (Lipinski definition) is 4. The molecular formula is C24H27N2O3S. The fourth-order valence-corrected chi connectivity index (χ4v) is 4.58. The molecule has 0 aliphatic rings. The quantitative estimate of drug-likeness (QED) is 0.520. The first-order valence-corrected chi connectivity index (χ1v) is 11.6. The van der Waals surface area contributed by atoms with Crippen molar-refractivity contribution in [1.82, 2.24) is 4.72 Å². The number of Topliss-reactive ketones (excluding diaryl/α,β-unsaturated/α-hetero) is 1. The molecule has 0 bridgehead atoms. The zero-order valence-corrected chi connectivity index (χ0v) is 17.9. The number of carbonyl (C=O) groups is 1. The first-order chi connectivity index (χ1) is 14.4. The molecule has 1 radical (unpaired) electrons. The Labute approximate surface area is 178 Å². The molecule has 0 spiro atoms. The highest BCUT2D eigenvalue weighted by Crippen LogP contribution is 2.20. The molecule has 1 atom stereocenters. The molecule has 3 aromatic rings. The molecule has 5 nitrogen and oxygen atoms in total. The van der Waals surface area contributed by atoms with Crippen molar-refractivity contribution in [2.24, 2.45) is 5.73 Å². The van der Waals surface area contributed by atoms with E-state index in [9.17, 15) is 13.2 Å². The van der Waals surface area contributed by atoms with Crippen LogP contribution in [-0.4, -0.2) is 20.2 Å². The third kappa shape index (κ3) is 5.53. The molecule has 3 rings (SSSR count). The minimum atomic E-state index is -3.87. The van der Waals surface area contributed by atoms with E-state index in [0.717, 1.165) is 28.3 Å². The van der Waals surface area contributed by atoms with Crippen molar-refractivity contribution in [3.63, 3.8) is 0 Å². The third-order valence-electron chi connectivity index (χ3n) is 4.97. The maximum Gasteiger partial charge on any atom is 0.241 e. The number of rotatable bonds is 10. The van der Waals surface area contributed by atoms with Crippen molar-refractivity contribution in [3.8, 4) is 0 Å². The first kappa shape index (κ1) is 22.2. The lowest BCUT2D eigenvalue weighted by atomic mass is 9.99. The molecule has 0 heterocycles. The number of hydrogen-bond donors (Lipinski definition) is 2. The zero-order valence-electron chi connectivity index (χ0n) is 17.0. The van der Waals surface area contributed by atoms with Gasteiger partial charge in [0, 0.05) is 13.0 Å². The molecule has 0 aliphatic carbocycles. The van der Waals surface area contributed by atoms with Gasteiger partial charge < -0.3 is 5.73 Å². The lowest BCUT2D eigenvalue weighted by molar-refractivity contribution is -0.117. The van der Waals surface area contributed by atoms with Crippen LogP contribution in [0.5, 0.6) is 0 Å². The number of fused-ring (bicyclic) bond motifs is 1. The van der Waals surface area contributed by atoms with Crippen LogP contribution in [0.25, 0.3) is 10.8 Å². The average Bonchev–Trinajstić information content (AvgIpc) is 2.76. The normalized spacial score (nSPS) is 12.7. The lowest BCUT2D eigenvalue weighted by Crippen LogP contribution is -2.42. The Bertz CT molecular complexity index is 1130. The van der Waals surface area contributed by atoms with E-state index >= 15 is 0 Å². The number of benzene rings is 3. The summed E-state index contributed by atoms with van der Waals surface area (Å²) in [6.07, 6.45) is 3.26. The van der Waals surface area contributed by atoms with Gasteiger partial charge in [-0.2, -0.15) is 0 Å². The summed E-state index contributed by atoms with van der Waals surface area (Å²) in [7, 11) is -3.87. The molecular weight excluding hydrogens is 396 g/mol. The van der Waals surface area contributed by atoms with Gasteiger partial charge in [-0.05, 0) is 46.9 Å². The Balaban J connectivity index is 1.88. The van der Waals surface area contributed by atoms with Crippen LogP contribution in [0, 0.1) is 6.42 Å². The number of nitrogens with two attached hydrogens (primary N) is 1. The van der Waals surface area contributed by atoms with Crippen molar-refractivity contribution in [3.05, 3.63) is 84.3 Å². The summed E-state index contributed by atoms with van der Waals surface area (Å²) in [5, 5.41) is 1.79. The molecule has 0 unspecified atom stereocenters. The standard InChI is InChI=1S/C24H27N2O3S/c1-2-3-11-24(27)23(15-18-7-6-8-19(14-18)17-25)26-30(28,29)22-13-12-20-9-4-5-10-21(20)16-22/h4-14,16,23,26H,2-3,15,17,25H2,1H3/t23-/m0/s1. The van der Waals surface area contributed by atoms with Crippen molar-refractivity contribution in [2.45, 2.75) is 43.7 Å². The van der Waals surface area contributed by atoms with Crippen LogP contribution < -0.4 is 10.5 Å². The number of unbranched alkanes of at least 4 members (excludes halogenated alkanes) is 1. The van der Waals surface area contributed by atoms with Crippen molar-refractivity contribution in [1.29, 1.82) is 0 Å². The van der Waals surface area contributed by atoms with E-state index < -0.39 is 16.1 Å². The predicted octanol–water partition coefficient (Wildman–Crippen LogP) is 3.76. The van der Waals surface area contributed by atoms with Crippen molar-refractivity contribution < 1.29 is 13.2 Å². The van der Waals surface area contributed by atoms with E-state index in [0.29, 0.717) is 13.0 Å². The van der Waals surface area contributed by atoms with Crippen LogP contribution in [0.4, 0.5) is 0 Å². The monoisotopic (exact) mass is 423 g/mol. The Hall–Kier alpha value is -2.54. The fraction of sp³-hybridized carbons (Fsp3) is 0.250. The second-order valence-electron chi connectivity index (χ2n) is 7.31. The smallest absolute Gasteiger partial charge is 0.241 e. The molecule has 157 valence electrons. The van der Waals surface area contributed by atoms with Gasteiger partial charge in [0.25, 0.3) is 0 Å². The van der Waals surface area contributed by atoms with Gasteiger partial charge in [0.1, 0.15) is 0 Å². The fourth-order valence-electron chi connectivity index (χ4n) is 3.34. The maximum absolute atomic E-state index is 13.1. The van der Waals surface area contributed by atoms with E-state index in [1.807, 2.05) is 55.5 Å². The van der Waals surface area contributed by atoms with Crippen molar-refractivity contribution >= 4 is 26.6 Å². The summed E-state index contributed by atoms with van der Waals surface area (Å²) in [5.41, 5.74) is 7.52. The predicted molar refractivity (Wildman–Crippen MR) is 120 cm³/mol. The summed E-state index contributed by atoms with van der Waals surface area (Å²) in [6, 6.07) is 19.2. The van der Waals surface area contributed by atoms with Crippen LogP contribution in [0.15, 0.2) is 71.6 Å². The number of nitrogens with one attached hydrogen (secondary N) is 1. The van der Waals surface area contributed by atoms with Gasteiger partial charge >= 0.3 is 0 Å². The Kier molecular flexibility index (Phi) is 7.37. The molecule has 0 aliphatic heterocycles. The van der Waals surface area contributed by atoms with Gasteiger partial charge in [-0.1, -0.05) is 67.9 Å². The minimum absolute atomic E-state index is 0.144. The molecule has 0 saturated carbocycles. The summed E-state index contributed by atoms with van der Waals surface area (Å²) < 4.78 is 28.8. The topological polar surface area (TPSA) is 89.3 Å². The summed E-state index contributed by atoms with van der Waals surface area (Å²) in [6.45, 7) is 2.36. The van der Waals surface area contributed by atoms with Gasteiger partial charge in [-0.15, -0.1) is 0 Å². The molecule has 0 amide bonds. The second kappa shape index (κ2) is 9.98. The van der Waals surface area contributed by atoms with Gasteiger partial charge in [-0.3, -0.25) is 4.79 Å². The molecule has 30 heavy (non-hydrogen) atoms. The van der Waals surface area contributed by atoms with Gasteiger partial charge in [0.2, 0.25) is 10.0 Å². The van der Waals surface area contributed by atoms with E-state index in [1.54, 1.807) is 24.6 Å². The molecule has 3 N–H and O–H groups in total. The van der Waals surface area contributed by atoms with Crippen LogP contribution >= 0.6 is 0 Å². The van der Waals surface area contributed by atoms with E-state index in [-0.39, 0.29) is 17.1 Å². The Morgan fingerprint density at radius 3 is 2.47 bits per heavy atom. The van der Waals surface area contributed by atoms with Gasteiger partial charge in [0.05, 0.1) is 10.9 Å². The molecule has 0 aromatic heterocycles. The average molecular weight is 424 g/mol. The molecule has 0 fully saturated rings. The van der Waals surface area contributed by atoms with Gasteiger partial charge in [-0.25, -0.2) is 13.1 Å².